The van der Waals surface area contributed by atoms with Crippen LogP contribution in [0.15, 0.2) is 315 Å². The van der Waals surface area contributed by atoms with Gasteiger partial charge in [0, 0.05) is 31.2 Å². The molecule has 0 fully saturated rings. The molecule has 0 nitrogen and oxygen atoms in total. The van der Waals surface area contributed by atoms with Gasteiger partial charge < -0.3 is 0 Å². The molecular formula is C84H52P2. The van der Waals surface area contributed by atoms with Crippen molar-refractivity contribution < 1.29 is 0 Å². The van der Waals surface area contributed by atoms with Crippen molar-refractivity contribution in [2.24, 2.45) is 0 Å². The number of rotatable bonds is 7. The van der Waals surface area contributed by atoms with Gasteiger partial charge in [0.05, 0.1) is 0 Å². The molecule has 2 unspecified atom stereocenters. The summed E-state index contributed by atoms with van der Waals surface area (Å²) in [6.07, 6.45) is 0. The van der Waals surface area contributed by atoms with Gasteiger partial charge in [0.2, 0.25) is 0 Å². The monoisotopic (exact) mass is 1120 g/mol. The molecule has 2 heterocycles. The van der Waals surface area contributed by atoms with Crippen molar-refractivity contribution in [1.82, 2.24) is 0 Å². The van der Waals surface area contributed by atoms with E-state index in [0.29, 0.717) is 0 Å². The number of fused-ring (bicyclic) bond motifs is 12. The van der Waals surface area contributed by atoms with Crippen molar-refractivity contribution in [3.63, 3.8) is 0 Å². The Bertz CT molecular complexity index is 5460. The molecule has 0 aliphatic carbocycles. The molecule has 16 aromatic carbocycles. The first-order valence-corrected chi connectivity index (χ1v) is 32.5. The molecule has 0 bridgehead atoms. The summed E-state index contributed by atoms with van der Waals surface area (Å²) in [6, 6.07) is 120. The van der Waals surface area contributed by atoms with Gasteiger partial charge in [-0.15, -0.1) is 0 Å². The van der Waals surface area contributed by atoms with Crippen molar-refractivity contribution >= 4 is 122 Å². The Hall–Kier alpha value is -10.3. The number of benzene rings is 16. The standard InChI is InChI=1S/C84H52P2/c1-3-27-55(28-4-1)85-77-47-13-11-33-71(77)81-65(45-21-49-79(81)85)63-39-19-43-69-75(63)52-76-64(66-46-22-50-80-82(66)72-34-12-14-48-78(72)86(80)56-29-5-2-6-30-56)40-20-44-70(76)84(69)83-67-41-17-37-61(59-35-15-25-53-23-7-9-31-57(53)59)73(67)51-74-62(38-18-42-68(74)83)60-36-16-26-54-24-8-10-32-58(54)60/h1-52H. The van der Waals surface area contributed by atoms with Gasteiger partial charge in [-0.2, -0.15) is 0 Å². The van der Waals surface area contributed by atoms with Gasteiger partial charge in [0.25, 0.3) is 0 Å². The molecule has 0 aliphatic rings. The lowest BCUT2D eigenvalue weighted by atomic mass is 9.81. The Morgan fingerprint density at radius 1 is 0.163 bits per heavy atom. The number of hydrogen-bond donors (Lipinski definition) is 0. The van der Waals surface area contributed by atoms with E-state index in [1.54, 1.807) is 0 Å². The summed E-state index contributed by atoms with van der Waals surface area (Å²) in [4.78, 5) is 0. The van der Waals surface area contributed by atoms with Gasteiger partial charge in [-0.25, -0.2) is 0 Å². The van der Waals surface area contributed by atoms with Crippen LogP contribution in [0.2, 0.25) is 0 Å². The van der Waals surface area contributed by atoms with Gasteiger partial charge in [-0.1, -0.05) is 306 Å². The zero-order valence-electron chi connectivity index (χ0n) is 46.9. The Balaban J connectivity index is 1.03. The van der Waals surface area contributed by atoms with Crippen LogP contribution in [0.1, 0.15) is 0 Å². The van der Waals surface area contributed by atoms with Crippen LogP contribution in [0.5, 0.6) is 0 Å². The molecular weight excluding hydrogens is 1070 g/mol. The lowest BCUT2D eigenvalue weighted by molar-refractivity contribution is 1.67. The van der Waals surface area contributed by atoms with Crippen LogP contribution in [-0.2, 0) is 0 Å². The Kier molecular flexibility index (Phi) is 11.2. The molecule has 0 spiro atoms. The summed E-state index contributed by atoms with van der Waals surface area (Å²) in [5.41, 5.74) is 12.4. The average Bonchev–Trinajstić information content (AvgIpc) is 1.08. The van der Waals surface area contributed by atoms with E-state index in [9.17, 15) is 0 Å². The summed E-state index contributed by atoms with van der Waals surface area (Å²) in [6.45, 7) is 0. The van der Waals surface area contributed by atoms with Crippen LogP contribution in [0.25, 0.3) is 173 Å². The maximum absolute atomic E-state index is 2.58. The molecule has 0 N–H and O–H groups in total. The molecule has 86 heavy (non-hydrogen) atoms. The number of hydrogen-bond acceptors (Lipinski definition) is 0. The van der Waals surface area contributed by atoms with Crippen molar-refractivity contribution in [1.29, 1.82) is 0 Å². The maximum Gasteiger partial charge on any atom is 0.00745 e. The molecule has 0 saturated carbocycles. The summed E-state index contributed by atoms with van der Waals surface area (Å²) < 4.78 is 0. The first-order valence-electron chi connectivity index (χ1n) is 29.8. The second kappa shape index (κ2) is 19.6. The van der Waals surface area contributed by atoms with E-state index >= 15 is 0 Å². The second-order valence-corrected chi connectivity index (χ2v) is 27.2. The Morgan fingerprint density at radius 2 is 0.419 bits per heavy atom. The van der Waals surface area contributed by atoms with E-state index < -0.39 is 15.1 Å². The topological polar surface area (TPSA) is 0 Å². The minimum atomic E-state index is -0.779. The molecule has 2 aromatic heterocycles. The largest absolute Gasteiger partial charge is 0.0772 e. The van der Waals surface area contributed by atoms with Gasteiger partial charge in [-0.3, -0.25) is 0 Å². The summed E-state index contributed by atoms with van der Waals surface area (Å²) in [5.74, 6) is 0. The molecule has 0 aliphatic heterocycles. The normalized spacial score (nSPS) is 12.4. The van der Waals surface area contributed by atoms with Gasteiger partial charge in [-0.05, 0) is 166 Å². The molecule has 2 atom stereocenters. The predicted octanol–water partition coefficient (Wildman–Crippen LogP) is 25.5. The Labute approximate surface area is 500 Å². The first-order chi connectivity index (χ1) is 42.7. The third-order valence-electron chi connectivity index (χ3n) is 18.5. The van der Waals surface area contributed by atoms with Crippen LogP contribution < -0.4 is 0 Å². The molecule has 0 amide bonds. The highest BCUT2D eigenvalue weighted by molar-refractivity contribution is 7.68. The van der Waals surface area contributed by atoms with Gasteiger partial charge in [0.15, 0.2) is 0 Å². The summed E-state index contributed by atoms with van der Waals surface area (Å²) >= 11 is 0. The third-order valence-corrected chi connectivity index (χ3v) is 23.6. The summed E-state index contributed by atoms with van der Waals surface area (Å²) in [7, 11) is -1.56. The highest BCUT2D eigenvalue weighted by atomic mass is 31.1. The Morgan fingerprint density at radius 3 is 0.814 bits per heavy atom. The fourth-order valence-electron chi connectivity index (χ4n) is 14.9. The maximum atomic E-state index is 2.58. The zero-order chi connectivity index (χ0) is 56.4. The predicted molar refractivity (Wildman–Crippen MR) is 377 cm³/mol. The minimum Gasteiger partial charge on any atom is -0.0772 e. The fourth-order valence-corrected chi connectivity index (χ4v) is 20.2. The molecule has 2 heteroatoms. The highest BCUT2D eigenvalue weighted by Crippen LogP contribution is 2.60. The van der Waals surface area contributed by atoms with Gasteiger partial charge >= 0.3 is 0 Å². The van der Waals surface area contributed by atoms with Crippen molar-refractivity contribution in [3.8, 4) is 66.2 Å². The lowest BCUT2D eigenvalue weighted by Crippen LogP contribution is -1.95. The minimum absolute atomic E-state index is 0.779. The quantitative estimate of drug-likeness (QED) is 0.140. The van der Waals surface area contributed by atoms with Crippen LogP contribution >= 0.6 is 15.1 Å². The molecule has 0 radical (unpaired) electrons. The van der Waals surface area contributed by atoms with Crippen molar-refractivity contribution in [3.05, 3.63) is 315 Å². The fraction of sp³-hybridized carbons (Fsp3) is 0. The van der Waals surface area contributed by atoms with Crippen molar-refractivity contribution in [2.75, 3.05) is 0 Å². The smallest absolute Gasteiger partial charge is 0.00745 e. The first kappa shape index (κ1) is 49.1. The van der Waals surface area contributed by atoms with Gasteiger partial charge in [0.1, 0.15) is 0 Å². The van der Waals surface area contributed by atoms with E-state index in [-0.39, 0.29) is 0 Å². The van der Waals surface area contributed by atoms with Crippen molar-refractivity contribution in [2.45, 2.75) is 0 Å². The van der Waals surface area contributed by atoms with E-state index in [0.717, 1.165) is 0 Å². The molecule has 0 saturated heterocycles. The summed E-state index contributed by atoms with van der Waals surface area (Å²) in [5, 5.41) is 28.6. The van der Waals surface area contributed by atoms with E-state index in [2.05, 4.69) is 315 Å². The third kappa shape index (κ3) is 7.38. The zero-order valence-corrected chi connectivity index (χ0v) is 48.7. The SMILES string of the molecule is c1ccc(-p2c3ccccc3c3c(-c4cccc5c(-c6c7cccc(-c8cccc9ccccc89)c7cc7c(-c8cccc9ccccc89)cccc67)c6cccc(-c7cccc8c7c7ccccc7p8-c7ccccc7)c6cc45)cccc32)cc1. The van der Waals surface area contributed by atoms with E-state index in [4.69, 9.17) is 0 Å². The van der Waals surface area contributed by atoms with Crippen LogP contribution in [-0.4, -0.2) is 0 Å². The molecule has 18 rings (SSSR count). The van der Waals surface area contributed by atoms with Crippen LogP contribution in [0.4, 0.5) is 0 Å². The van der Waals surface area contributed by atoms with Crippen LogP contribution in [0, 0.1) is 0 Å². The van der Waals surface area contributed by atoms with E-state index in [1.165, 1.54) is 173 Å². The molecule has 18 aromatic rings. The van der Waals surface area contributed by atoms with Crippen LogP contribution in [0.3, 0.4) is 0 Å². The second-order valence-electron chi connectivity index (χ2n) is 22.9. The highest BCUT2D eigenvalue weighted by Gasteiger charge is 2.26. The van der Waals surface area contributed by atoms with E-state index in [1.807, 2.05) is 0 Å². The molecule has 398 valence electrons. The average molecular weight is 1120 g/mol. The lowest BCUT2D eigenvalue weighted by Gasteiger charge is -2.22.